The van der Waals surface area contributed by atoms with E-state index >= 15 is 0 Å². The zero-order valence-electron chi connectivity index (χ0n) is 14.2. The topological polar surface area (TPSA) is 61.6 Å². The maximum atomic E-state index is 12.5. The Hall–Kier alpha value is -2.34. The Morgan fingerprint density at radius 1 is 1.33 bits per heavy atom. The second kappa shape index (κ2) is 7.49. The Kier molecular flexibility index (Phi) is 5.15. The first-order valence-corrected chi connectivity index (χ1v) is 8.34. The average molecular weight is 328 g/mol. The number of nitrogens with zero attached hydrogens (tertiary/aromatic N) is 3. The van der Waals surface area contributed by atoms with E-state index in [0.29, 0.717) is 12.0 Å². The van der Waals surface area contributed by atoms with Crippen molar-refractivity contribution >= 4 is 11.7 Å². The lowest BCUT2D eigenvalue weighted by molar-refractivity contribution is 0.0939. The summed E-state index contributed by atoms with van der Waals surface area (Å²) in [6.45, 7) is 5.87. The number of rotatable bonds is 5. The Balaban J connectivity index is 1.61. The summed E-state index contributed by atoms with van der Waals surface area (Å²) in [5, 5.41) is 3.02. The van der Waals surface area contributed by atoms with Crippen LogP contribution in [0.5, 0.6) is 0 Å². The maximum absolute atomic E-state index is 12.5. The largest absolute Gasteiger partial charge is 0.469 e. The third kappa shape index (κ3) is 4.14. The molecule has 128 valence electrons. The molecule has 1 atom stereocenters. The van der Waals surface area contributed by atoms with E-state index in [4.69, 9.17) is 4.42 Å². The summed E-state index contributed by atoms with van der Waals surface area (Å²) in [5.74, 6) is 1.66. The predicted octanol–water partition coefficient (Wildman–Crippen LogP) is 1.79. The molecule has 6 heteroatoms. The molecule has 2 aromatic heterocycles. The van der Waals surface area contributed by atoms with Gasteiger partial charge in [-0.05, 0) is 38.2 Å². The lowest BCUT2D eigenvalue weighted by atomic mass is 10.1. The number of pyridine rings is 1. The molecular weight excluding hydrogens is 304 g/mol. The van der Waals surface area contributed by atoms with Crippen molar-refractivity contribution in [3.8, 4) is 0 Å². The molecule has 0 unspecified atom stereocenters. The lowest BCUT2D eigenvalue weighted by Gasteiger charge is -2.33. The molecule has 3 heterocycles. The zero-order chi connectivity index (χ0) is 16.9. The van der Waals surface area contributed by atoms with Crippen molar-refractivity contribution in [1.29, 1.82) is 0 Å². The van der Waals surface area contributed by atoms with E-state index in [9.17, 15) is 4.79 Å². The van der Waals surface area contributed by atoms with E-state index < -0.39 is 0 Å². The number of amides is 1. The predicted molar refractivity (Wildman–Crippen MR) is 93.3 cm³/mol. The molecule has 2 aromatic rings. The monoisotopic (exact) mass is 328 g/mol. The van der Waals surface area contributed by atoms with Gasteiger partial charge in [-0.3, -0.25) is 4.79 Å². The van der Waals surface area contributed by atoms with Crippen molar-refractivity contribution in [3.63, 3.8) is 0 Å². The minimum absolute atomic E-state index is 0.00361. The van der Waals surface area contributed by atoms with Gasteiger partial charge < -0.3 is 19.5 Å². The molecule has 1 aliphatic rings. The van der Waals surface area contributed by atoms with Crippen LogP contribution in [0.2, 0.25) is 0 Å². The third-order valence-corrected chi connectivity index (χ3v) is 4.30. The van der Waals surface area contributed by atoms with E-state index in [0.717, 1.165) is 37.8 Å². The SMILES string of the molecule is C[C@@H](Cc1ccco1)NC(=O)c1ccnc(N2CCN(C)CC2)c1. The van der Waals surface area contributed by atoms with Gasteiger partial charge >= 0.3 is 0 Å². The number of nitrogens with one attached hydrogen (secondary N) is 1. The highest BCUT2D eigenvalue weighted by molar-refractivity contribution is 5.95. The van der Waals surface area contributed by atoms with E-state index in [1.807, 2.05) is 25.1 Å². The van der Waals surface area contributed by atoms with Crippen molar-refractivity contribution in [2.75, 3.05) is 38.1 Å². The first-order chi connectivity index (χ1) is 11.6. The molecule has 0 bridgehead atoms. The molecule has 24 heavy (non-hydrogen) atoms. The van der Waals surface area contributed by atoms with Crippen LogP contribution >= 0.6 is 0 Å². The highest BCUT2D eigenvalue weighted by Crippen LogP contribution is 2.15. The van der Waals surface area contributed by atoms with Gasteiger partial charge in [0.1, 0.15) is 11.6 Å². The van der Waals surface area contributed by atoms with Crippen LogP contribution < -0.4 is 10.2 Å². The molecule has 3 rings (SSSR count). The minimum Gasteiger partial charge on any atom is -0.469 e. The standard InChI is InChI=1S/C18H24N4O2/c1-14(12-16-4-3-11-24-16)20-18(23)15-5-6-19-17(13-15)22-9-7-21(2)8-10-22/h3-6,11,13-14H,7-10,12H2,1-2H3,(H,20,23)/t14-/m0/s1. The lowest BCUT2D eigenvalue weighted by Crippen LogP contribution is -2.45. The number of aromatic nitrogens is 1. The van der Waals surface area contributed by atoms with Gasteiger partial charge in [0.2, 0.25) is 0 Å². The highest BCUT2D eigenvalue weighted by atomic mass is 16.3. The van der Waals surface area contributed by atoms with Gasteiger partial charge in [-0.2, -0.15) is 0 Å². The Morgan fingerprint density at radius 3 is 2.83 bits per heavy atom. The van der Waals surface area contributed by atoms with Crippen LogP contribution in [0.1, 0.15) is 23.0 Å². The first-order valence-electron chi connectivity index (χ1n) is 8.34. The molecular formula is C18H24N4O2. The molecule has 1 aliphatic heterocycles. The molecule has 1 saturated heterocycles. The highest BCUT2D eigenvalue weighted by Gasteiger charge is 2.17. The van der Waals surface area contributed by atoms with Gasteiger partial charge in [0.25, 0.3) is 5.91 Å². The molecule has 0 aromatic carbocycles. The van der Waals surface area contributed by atoms with Crippen LogP contribution in [-0.2, 0) is 6.42 Å². The van der Waals surface area contributed by atoms with Crippen LogP contribution in [0.4, 0.5) is 5.82 Å². The van der Waals surface area contributed by atoms with Gasteiger partial charge in [0.05, 0.1) is 6.26 Å². The second-order valence-corrected chi connectivity index (χ2v) is 6.35. The van der Waals surface area contributed by atoms with Gasteiger partial charge in [-0.15, -0.1) is 0 Å². The molecule has 6 nitrogen and oxygen atoms in total. The number of hydrogen-bond acceptors (Lipinski definition) is 5. The van der Waals surface area contributed by atoms with Crippen LogP contribution in [0.3, 0.4) is 0 Å². The Labute approximate surface area is 142 Å². The number of piperazine rings is 1. The quantitative estimate of drug-likeness (QED) is 0.907. The molecule has 0 radical (unpaired) electrons. The smallest absolute Gasteiger partial charge is 0.251 e. The normalized spacial score (nSPS) is 16.8. The van der Waals surface area contributed by atoms with E-state index in [-0.39, 0.29) is 11.9 Å². The summed E-state index contributed by atoms with van der Waals surface area (Å²) in [4.78, 5) is 21.4. The van der Waals surface area contributed by atoms with Crippen molar-refractivity contribution in [2.45, 2.75) is 19.4 Å². The van der Waals surface area contributed by atoms with Crippen molar-refractivity contribution in [1.82, 2.24) is 15.2 Å². The van der Waals surface area contributed by atoms with Crippen LogP contribution in [0, 0.1) is 0 Å². The fourth-order valence-electron chi connectivity index (χ4n) is 2.86. The molecule has 1 N–H and O–H groups in total. The molecule has 0 saturated carbocycles. The number of anilines is 1. The summed E-state index contributed by atoms with van der Waals surface area (Å²) in [5.41, 5.74) is 0.644. The fraction of sp³-hybridized carbons (Fsp3) is 0.444. The number of carbonyl (C=O) groups is 1. The number of hydrogen-bond donors (Lipinski definition) is 1. The maximum Gasteiger partial charge on any atom is 0.251 e. The molecule has 1 amide bonds. The van der Waals surface area contributed by atoms with Crippen molar-refractivity contribution in [2.24, 2.45) is 0 Å². The zero-order valence-corrected chi connectivity index (χ0v) is 14.2. The van der Waals surface area contributed by atoms with E-state index in [1.54, 1.807) is 18.5 Å². The van der Waals surface area contributed by atoms with Crippen LogP contribution in [-0.4, -0.2) is 55.1 Å². The molecule has 0 aliphatic carbocycles. The van der Waals surface area contributed by atoms with Crippen molar-refractivity contribution < 1.29 is 9.21 Å². The van der Waals surface area contributed by atoms with Crippen LogP contribution in [0.15, 0.2) is 41.1 Å². The van der Waals surface area contributed by atoms with Gasteiger partial charge in [-0.25, -0.2) is 4.98 Å². The fourth-order valence-corrected chi connectivity index (χ4v) is 2.86. The van der Waals surface area contributed by atoms with Crippen LogP contribution in [0.25, 0.3) is 0 Å². The number of furan rings is 1. The summed E-state index contributed by atoms with van der Waals surface area (Å²) in [6, 6.07) is 7.41. The van der Waals surface area contributed by atoms with E-state index in [2.05, 4.69) is 27.1 Å². The summed E-state index contributed by atoms with van der Waals surface area (Å²) in [6.07, 6.45) is 4.03. The van der Waals surface area contributed by atoms with Crippen molar-refractivity contribution in [3.05, 3.63) is 48.0 Å². The first kappa shape index (κ1) is 16.5. The number of carbonyl (C=O) groups excluding carboxylic acids is 1. The second-order valence-electron chi connectivity index (χ2n) is 6.35. The summed E-state index contributed by atoms with van der Waals surface area (Å²) in [7, 11) is 2.12. The molecule has 0 spiro atoms. The average Bonchev–Trinajstić information content (AvgIpc) is 3.08. The van der Waals surface area contributed by atoms with E-state index in [1.165, 1.54) is 0 Å². The third-order valence-electron chi connectivity index (χ3n) is 4.30. The minimum atomic E-state index is -0.0770. The Morgan fingerprint density at radius 2 is 2.12 bits per heavy atom. The van der Waals surface area contributed by atoms with Gasteiger partial charge in [0.15, 0.2) is 0 Å². The number of likely N-dealkylation sites (N-methyl/N-ethyl adjacent to an activating group) is 1. The molecule has 1 fully saturated rings. The van der Waals surface area contributed by atoms with Gasteiger partial charge in [0, 0.05) is 50.4 Å². The van der Waals surface area contributed by atoms with Gasteiger partial charge in [-0.1, -0.05) is 0 Å². The summed E-state index contributed by atoms with van der Waals surface area (Å²) >= 11 is 0. The Bertz CT molecular complexity index is 663. The summed E-state index contributed by atoms with van der Waals surface area (Å²) < 4.78 is 5.33.